The van der Waals surface area contributed by atoms with Crippen molar-refractivity contribution in [3.63, 3.8) is 0 Å². The summed E-state index contributed by atoms with van der Waals surface area (Å²) in [6, 6.07) is 12.3. The Balaban J connectivity index is 1.42. The molecule has 2 aromatic rings. The van der Waals surface area contributed by atoms with Crippen LogP contribution in [0.3, 0.4) is 0 Å². The number of carbonyl (C=O) groups is 3. The quantitative estimate of drug-likeness (QED) is 0.461. The van der Waals surface area contributed by atoms with Gasteiger partial charge >= 0.3 is 0 Å². The summed E-state index contributed by atoms with van der Waals surface area (Å²) in [5.41, 5.74) is -0.0325. The Morgan fingerprint density at radius 2 is 1.68 bits per heavy atom. The number of aliphatic hydroxyl groups is 1. The van der Waals surface area contributed by atoms with Crippen LogP contribution in [0.2, 0.25) is 0 Å². The second kappa shape index (κ2) is 10.3. The van der Waals surface area contributed by atoms with Gasteiger partial charge in [-0.05, 0) is 75.2 Å². The van der Waals surface area contributed by atoms with Crippen LogP contribution >= 0.6 is 0 Å². The van der Waals surface area contributed by atoms with Gasteiger partial charge in [-0.2, -0.15) is 0 Å². The SMILES string of the molecule is CCOc1ccc(NC(=O)[C@@H]2[C@H]3C(=O)N([C@H](C)CO)C(C(=O)Nc4ccc(OC)cc4)C34CC[C@H]2O4)cc1. The molecule has 0 radical (unpaired) electrons. The van der Waals surface area contributed by atoms with Gasteiger partial charge in [0, 0.05) is 11.4 Å². The molecule has 2 unspecified atom stereocenters. The van der Waals surface area contributed by atoms with Gasteiger partial charge in [0.05, 0.1) is 44.3 Å². The predicted octanol–water partition coefficient (Wildman–Crippen LogP) is 2.43. The van der Waals surface area contributed by atoms with Gasteiger partial charge in [0.1, 0.15) is 23.1 Å². The molecule has 38 heavy (non-hydrogen) atoms. The Bertz CT molecular complexity index is 1200. The van der Waals surface area contributed by atoms with Crippen molar-refractivity contribution < 1.29 is 33.7 Å². The normalized spacial score (nSPS) is 28.1. The number of anilines is 2. The number of hydrogen-bond acceptors (Lipinski definition) is 7. The van der Waals surface area contributed by atoms with Crippen molar-refractivity contribution in [3.05, 3.63) is 48.5 Å². The summed E-state index contributed by atoms with van der Waals surface area (Å²) in [6.07, 6.45) is 0.546. The largest absolute Gasteiger partial charge is 0.497 e. The molecule has 10 heteroatoms. The molecule has 0 aliphatic carbocycles. The van der Waals surface area contributed by atoms with E-state index in [-0.39, 0.29) is 18.4 Å². The average molecular weight is 524 g/mol. The number of hydrogen-bond donors (Lipinski definition) is 3. The minimum atomic E-state index is -1.15. The number of carbonyl (C=O) groups excluding carboxylic acids is 3. The molecule has 202 valence electrons. The molecule has 5 rings (SSSR count). The Kier molecular flexibility index (Phi) is 7.02. The molecule has 10 nitrogen and oxygen atoms in total. The van der Waals surface area contributed by atoms with Crippen molar-refractivity contribution in [2.45, 2.75) is 50.5 Å². The van der Waals surface area contributed by atoms with E-state index in [2.05, 4.69) is 10.6 Å². The highest BCUT2D eigenvalue weighted by molar-refractivity contribution is 6.05. The lowest BCUT2D eigenvalue weighted by molar-refractivity contribution is -0.142. The van der Waals surface area contributed by atoms with Gasteiger partial charge in [0.25, 0.3) is 0 Å². The molecule has 2 aromatic carbocycles. The summed E-state index contributed by atoms with van der Waals surface area (Å²) in [5.74, 6) is -1.34. The number of nitrogens with zero attached hydrogens (tertiary/aromatic N) is 1. The van der Waals surface area contributed by atoms with Gasteiger partial charge in [-0.1, -0.05) is 0 Å². The lowest BCUT2D eigenvalue weighted by atomic mass is 9.70. The van der Waals surface area contributed by atoms with Crippen molar-refractivity contribution in [1.29, 1.82) is 0 Å². The molecule has 3 N–H and O–H groups in total. The highest BCUT2D eigenvalue weighted by Gasteiger charge is 2.74. The van der Waals surface area contributed by atoms with Gasteiger partial charge in [-0.3, -0.25) is 14.4 Å². The molecular formula is C28H33N3O7. The third-order valence-electron chi connectivity index (χ3n) is 7.82. The smallest absolute Gasteiger partial charge is 0.250 e. The standard InChI is InChI=1S/C28H33N3O7/c1-4-37-20-11-7-17(8-12-20)29-25(33)22-21-13-14-28(38-21)23(22)27(35)31(16(2)15-32)24(28)26(34)30-18-5-9-19(36-3)10-6-18/h5-12,16,21-24,32H,4,13-15H2,1-3H3,(H,29,33)(H,30,34)/t16-,21-,22+,23+,24?,28?/m1/s1. The highest BCUT2D eigenvalue weighted by atomic mass is 16.5. The van der Waals surface area contributed by atoms with E-state index in [1.807, 2.05) is 6.92 Å². The lowest BCUT2D eigenvalue weighted by Gasteiger charge is -2.35. The average Bonchev–Trinajstić information content (AvgIpc) is 3.57. The first kappa shape index (κ1) is 26.0. The van der Waals surface area contributed by atoms with E-state index < -0.39 is 41.5 Å². The number of rotatable bonds is 9. The molecule has 3 heterocycles. The van der Waals surface area contributed by atoms with Crippen molar-refractivity contribution in [1.82, 2.24) is 4.90 Å². The number of ether oxygens (including phenoxy) is 3. The van der Waals surface area contributed by atoms with Crippen LogP contribution in [0.5, 0.6) is 11.5 Å². The highest BCUT2D eigenvalue weighted by Crippen LogP contribution is 2.59. The van der Waals surface area contributed by atoms with Crippen LogP contribution in [0, 0.1) is 11.8 Å². The van der Waals surface area contributed by atoms with Crippen LogP contribution in [-0.2, 0) is 19.1 Å². The predicted molar refractivity (Wildman–Crippen MR) is 139 cm³/mol. The number of methoxy groups -OCH3 is 1. The molecule has 3 amide bonds. The van der Waals surface area contributed by atoms with Gasteiger partial charge in [0.2, 0.25) is 17.7 Å². The van der Waals surface area contributed by atoms with Gasteiger partial charge in [-0.15, -0.1) is 0 Å². The van der Waals surface area contributed by atoms with Gasteiger partial charge < -0.3 is 34.9 Å². The topological polar surface area (TPSA) is 126 Å². The zero-order valence-electron chi connectivity index (χ0n) is 21.7. The third kappa shape index (κ3) is 4.27. The summed E-state index contributed by atoms with van der Waals surface area (Å²) >= 11 is 0. The van der Waals surface area contributed by atoms with E-state index in [0.717, 1.165) is 0 Å². The summed E-state index contributed by atoms with van der Waals surface area (Å²) in [6.45, 7) is 3.79. The van der Waals surface area contributed by atoms with Crippen molar-refractivity contribution in [2.75, 3.05) is 31.0 Å². The minimum absolute atomic E-state index is 0.326. The van der Waals surface area contributed by atoms with E-state index in [4.69, 9.17) is 14.2 Å². The summed E-state index contributed by atoms with van der Waals surface area (Å²) < 4.78 is 17.0. The molecule has 3 saturated heterocycles. The number of benzene rings is 2. The Hall–Kier alpha value is -3.63. The zero-order chi connectivity index (χ0) is 27.0. The second-order valence-electron chi connectivity index (χ2n) is 10.00. The minimum Gasteiger partial charge on any atom is -0.497 e. The molecule has 0 saturated carbocycles. The molecule has 1 spiro atoms. The summed E-state index contributed by atoms with van der Waals surface area (Å²) in [4.78, 5) is 42.5. The van der Waals surface area contributed by atoms with Crippen molar-refractivity contribution in [3.8, 4) is 11.5 Å². The third-order valence-corrected chi connectivity index (χ3v) is 7.82. The maximum Gasteiger partial charge on any atom is 0.250 e. The fourth-order valence-electron chi connectivity index (χ4n) is 6.16. The van der Waals surface area contributed by atoms with Gasteiger partial charge in [-0.25, -0.2) is 0 Å². The monoisotopic (exact) mass is 523 g/mol. The lowest BCUT2D eigenvalue weighted by Crippen LogP contribution is -2.55. The van der Waals surface area contributed by atoms with Crippen molar-refractivity contribution in [2.24, 2.45) is 11.8 Å². The molecule has 6 atom stereocenters. The fourth-order valence-corrected chi connectivity index (χ4v) is 6.16. The molecule has 3 aliphatic rings. The number of likely N-dealkylation sites (tertiary alicyclic amines) is 1. The molecule has 2 bridgehead atoms. The fraction of sp³-hybridized carbons (Fsp3) is 0.464. The maximum atomic E-state index is 13.8. The number of nitrogens with one attached hydrogen (secondary N) is 2. The summed E-state index contributed by atoms with van der Waals surface area (Å²) in [5, 5.41) is 15.8. The second-order valence-corrected chi connectivity index (χ2v) is 10.00. The van der Waals surface area contributed by atoms with Crippen LogP contribution in [0.1, 0.15) is 26.7 Å². The molecule has 3 aliphatic heterocycles. The first-order valence-corrected chi connectivity index (χ1v) is 12.9. The van der Waals surface area contributed by atoms with Gasteiger partial charge in [0.15, 0.2) is 0 Å². The Morgan fingerprint density at radius 1 is 1.08 bits per heavy atom. The first-order chi connectivity index (χ1) is 18.3. The number of fused-ring (bicyclic) bond motifs is 1. The Morgan fingerprint density at radius 3 is 2.26 bits per heavy atom. The van der Waals surface area contributed by atoms with Crippen LogP contribution < -0.4 is 20.1 Å². The van der Waals surface area contributed by atoms with Crippen LogP contribution in [0.4, 0.5) is 11.4 Å². The van der Waals surface area contributed by atoms with Crippen LogP contribution in [0.25, 0.3) is 0 Å². The molecular weight excluding hydrogens is 490 g/mol. The van der Waals surface area contributed by atoms with E-state index in [1.54, 1.807) is 62.6 Å². The van der Waals surface area contributed by atoms with E-state index in [1.165, 1.54) is 4.90 Å². The molecule has 0 aromatic heterocycles. The maximum absolute atomic E-state index is 13.8. The number of aliphatic hydroxyl groups excluding tert-OH is 1. The van der Waals surface area contributed by atoms with Crippen LogP contribution in [-0.4, -0.2) is 71.8 Å². The van der Waals surface area contributed by atoms with Crippen molar-refractivity contribution >= 4 is 29.1 Å². The van der Waals surface area contributed by atoms with E-state index in [0.29, 0.717) is 42.3 Å². The van der Waals surface area contributed by atoms with E-state index >= 15 is 0 Å². The Labute approximate surface area is 221 Å². The molecule has 3 fully saturated rings. The van der Waals surface area contributed by atoms with E-state index in [9.17, 15) is 19.5 Å². The zero-order valence-corrected chi connectivity index (χ0v) is 21.7. The first-order valence-electron chi connectivity index (χ1n) is 12.9. The number of amides is 3. The van der Waals surface area contributed by atoms with Crippen LogP contribution in [0.15, 0.2) is 48.5 Å². The summed E-state index contributed by atoms with van der Waals surface area (Å²) in [7, 11) is 1.56.